The van der Waals surface area contributed by atoms with Gasteiger partial charge in [0, 0.05) is 18.2 Å². The minimum Gasteiger partial charge on any atom is -0.504 e. The smallest absolute Gasteiger partial charge is 0.243 e. The maximum absolute atomic E-state index is 13.2. The first-order valence-corrected chi connectivity index (χ1v) is 13.6. The summed E-state index contributed by atoms with van der Waals surface area (Å²) in [6.07, 6.45) is 2.73. The van der Waals surface area contributed by atoms with Gasteiger partial charge in [0.05, 0.1) is 29.7 Å². The Hall–Kier alpha value is -3.47. The number of rotatable bonds is 8. The Morgan fingerprint density at radius 1 is 1.16 bits per heavy atom. The lowest BCUT2D eigenvalue weighted by Crippen LogP contribution is -2.37. The molecule has 3 aromatic rings. The van der Waals surface area contributed by atoms with Crippen molar-refractivity contribution in [2.24, 2.45) is 0 Å². The summed E-state index contributed by atoms with van der Waals surface area (Å²) in [4.78, 5) is 18.0. The maximum atomic E-state index is 13.2. The van der Waals surface area contributed by atoms with Gasteiger partial charge in [-0.3, -0.25) is 4.79 Å². The predicted octanol–water partition coefficient (Wildman–Crippen LogP) is 3.28. The van der Waals surface area contributed by atoms with Gasteiger partial charge in [-0.25, -0.2) is 13.4 Å². The summed E-state index contributed by atoms with van der Waals surface area (Å²) in [6.45, 7) is 0.207. The van der Waals surface area contributed by atoms with Gasteiger partial charge < -0.3 is 20.3 Å². The molecule has 2 aromatic carbocycles. The van der Waals surface area contributed by atoms with Crippen LogP contribution >= 0.6 is 0 Å². The van der Waals surface area contributed by atoms with Crippen molar-refractivity contribution in [2.45, 2.75) is 42.0 Å². The van der Waals surface area contributed by atoms with Crippen LogP contribution in [0.4, 0.5) is 5.82 Å². The molecule has 1 aliphatic carbocycles. The second-order valence-electron chi connectivity index (χ2n) is 9.45. The number of methoxy groups -OCH3 is 1. The Morgan fingerprint density at radius 2 is 1.92 bits per heavy atom. The fourth-order valence-electron chi connectivity index (χ4n) is 4.89. The van der Waals surface area contributed by atoms with E-state index in [9.17, 15) is 23.4 Å². The van der Waals surface area contributed by atoms with E-state index in [0.717, 1.165) is 12.0 Å². The molecule has 0 radical (unpaired) electrons. The summed E-state index contributed by atoms with van der Waals surface area (Å²) in [5, 5.41) is 22.3. The van der Waals surface area contributed by atoms with E-state index in [2.05, 4.69) is 10.3 Å². The van der Waals surface area contributed by atoms with Crippen LogP contribution in [-0.4, -0.2) is 60.1 Å². The van der Waals surface area contributed by atoms with Crippen molar-refractivity contribution >= 4 is 21.7 Å². The van der Waals surface area contributed by atoms with Gasteiger partial charge in [-0.15, -0.1) is 0 Å². The molecule has 2 aliphatic rings. The number of phenols is 1. The quantitative estimate of drug-likeness (QED) is 0.413. The highest BCUT2D eigenvalue weighted by Crippen LogP contribution is 2.50. The third-order valence-electron chi connectivity index (χ3n) is 7.20. The molecule has 1 atom stereocenters. The molecular formula is C27H29N3O6S. The first kappa shape index (κ1) is 25.2. The van der Waals surface area contributed by atoms with Crippen LogP contribution in [0.1, 0.15) is 31.2 Å². The van der Waals surface area contributed by atoms with E-state index < -0.39 is 15.4 Å². The summed E-state index contributed by atoms with van der Waals surface area (Å²) < 4.78 is 32.6. The molecule has 37 heavy (non-hydrogen) atoms. The number of aromatic nitrogens is 1. The summed E-state index contributed by atoms with van der Waals surface area (Å²) in [5.74, 6) is 0.539. The molecule has 194 valence electrons. The Balaban J connectivity index is 1.33. The van der Waals surface area contributed by atoms with Crippen LogP contribution in [0.5, 0.6) is 11.5 Å². The number of aromatic hydroxyl groups is 1. The van der Waals surface area contributed by atoms with Crippen molar-refractivity contribution in [1.82, 2.24) is 9.29 Å². The third-order valence-corrected chi connectivity index (χ3v) is 9.16. The number of aliphatic hydroxyl groups is 1. The average molecular weight is 524 g/mol. The molecule has 10 heteroatoms. The number of carbonyl (C=O) groups excluding carboxylic acids is 1. The second-order valence-corrected chi connectivity index (χ2v) is 11.3. The Kier molecular flexibility index (Phi) is 6.65. The van der Waals surface area contributed by atoms with Crippen LogP contribution in [0, 0.1) is 0 Å². The van der Waals surface area contributed by atoms with E-state index in [4.69, 9.17) is 4.74 Å². The number of nitrogens with zero attached hydrogens (tertiary/aromatic N) is 2. The Labute approximate surface area is 215 Å². The van der Waals surface area contributed by atoms with E-state index in [0.29, 0.717) is 48.6 Å². The number of sulfonamides is 1. The molecule has 5 rings (SSSR count). The molecule has 2 heterocycles. The lowest BCUT2D eigenvalue weighted by molar-refractivity contribution is -0.118. The van der Waals surface area contributed by atoms with Crippen LogP contribution in [0.2, 0.25) is 0 Å². The van der Waals surface area contributed by atoms with Gasteiger partial charge in [-0.1, -0.05) is 24.3 Å². The second kappa shape index (κ2) is 9.77. The topological polar surface area (TPSA) is 129 Å². The van der Waals surface area contributed by atoms with Crippen LogP contribution in [0.15, 0.2) is 65.6 Å². The standard InChI is InChI=1S/C27H29N3O6S/c1-36-24-16-19(9-12-23(24)32)27(13-14-27)26(33)29-25-6-2-5-22(28-25)18-7-10-21(11-8-18)37(34,35)30-15-3-4-20(30)17-31/h2,5-12,16,20,31-32H,3-4,13-15,17H2,1H3,(H,28,29,33)/t20-/m1/s1. The zero-order valence-corrected chi connectivity index (χ0v) is 21.2. The SMILES string of the molecule is COc1cc(C2(C(=O)Nc3cccc(-c4ccc(S(=O)(=O)N5CCC[C@@H]5CO)cc4)n3)CC2)ccc1O. The van der Waals surface area contributed by atoms with Crippen molar-refractivity contribution in [2.75, 3.05) is 25.6 Å². The monoisotopic (exact) mass is 523 g/mol. The molecule has 2 fully saturated rings. The first-order chi connectivity index (χ1) is 17.8. The molecule has 1 saturated carbocycles. The van der Waals surface area contributed by atoms with Crippen molar-refractivity contribution in [3.8, 4) is 22.8 Å². The van der Waals surface area contributed by atoms with Gasteiger partial charge in [-0.05, 0) is 67.6 Å². The fraction of sp³-hybridized carbons (Fsp3) is 0.333. The number of pyridine rings is 1. The highest BCUT2D eigenvalue weighted by Gasteiger charge is 2.51. The van der Waals surface area contributed by atoms with Crippen LogP contribution in [-0.2, 0) is 20.2 Å². The molecule has 1 amide bonds. The molecule has 0 spiro atoms. The molecule has 9 nitrogen and oxygen atoms in total. The minimum absolute atomic E-state index is 0.0179. The highest BCUT2D eigenvalue weighted by atomic mass is 32.2. The molecule has 1 aliphatic heterocycles. The lowest BCUT2D eigenvalue weighted by atomic mass is 9.94. The van der Waals surface area contributed by atoms with Crippen molar-refractivity contribution < 1.29 is 28.2 Å². The number of benzene rings is 2. The number of phenolic OH excluding ortho intramolecular Hbond substituents is 1. The number of ether oxygens (including phenoxy) is 1. The lowest BCUT2D eigenvalue weighted by Gasteiger charge is -2.22. The normalized spacial score (nSPS) is 18.9. The van der Waals surface area contributed by atoms with Gasteiger partial charge in [0.1, 0.15) is 5.82 Å². The van der Waals surface area contributed by atoms with Crippen LogP contribution in [0.25, 0.3) is 11.3 Å². The summed E-state index contributed by atoms with van der Waals surface area (Å²) in [6, 6.07) is 16.3. The Morgan fingerprint density at radius 3 is 2.59 bits per heavy atom. The van der Waals surface area contributed by atoms with E-state index in [-0.39, 0.29) is 29.2 Å². The van der Waals surface area contributed by atoms with Crippen molar-refractivity contribution in [3.05, 3.63) is 66.2 Å². The molecule has 3 N–H and O–H groups in total. The van der Waals surface area contributed by atoms with E-state index in [1.807, 2.05) is 0 Å². The highest BCUT2D eigenvalue weighted by molar-refractivity contribution is 7.89. The largest absolute Gasteiger partial charge is 0.504 e. The fourth-order valence-corrected chi connectivity index (χ4v) is 6.57. The zero-order valence-electron chi connectivity index (χ0n) is 20.4. The van der Waals surface area contributed by atoms with Crippen molar-refractivity contribution in [3.63, 3.8) is 0 Å². The number of nitrogens with one attached hydrogen (secondary N) is 1. The number of amides is 1. The van der Waals surface area contributed by atoms with Gasteiger partial charge in [0.25, 0.3) is 0 Å². The molecule has 1 saturated heterocycles. The summed E-state index contributed by atoms with van der Waals surface area (Å²) in [7, 11) is -2.23. The van der Waals surface area contributed by atoms with Crippen LogP contribution < -0.4 is 10.1 Å². The van der Waals surface area contributed by atoms with E-state index in [1.165, 1.54) is 17.5 Å². The maximum Gasteiger partial charge on any atom is 0.243 e. The van der Waals surface area contributed by atoms with Gasteiger partial charge in [-0.2, -0.15) is 4.31 Å². The summed E-state index contributed by atoms with van der Waals surface area (Å²) in [5.41, 5.74) is 1.37. The van der Waals surface area contributed by atoms with Gasteiger partial charge >= 0.3 is 0 Å². The molecule has 1 aromatic heterocycles. The Bertz CT molecular complexity index is 1420. The van der Waals surface area contributed by atoms with Gasteiger partial charge in [0.15, 0.2) is 11.5 Å². The molecule has 0 bridgehead atoms. The first-order valence-electron chi connectivity index (χ1n) is 12.2. The summed E-state index contributed by atoms with van der Waals surface area (Å²) >= 11 is 0. The van der Waals surface area contributed by atoms with E-state index >= 15 is 0 Å². The minimum atomic E-state index is -3.70. The van der Waals surface area contributed by atoms with Crippen molar-refractivity contribution in [1.29, 1.82) is 0 Å². The number of hydrogen-bond donors (Lipinski definition) is 3. The van der Waals surface area contributed by atoms with Gasteiger partial charge in [0.2, 0.25) is 15.9 Å². The predicted molar refractivity (Wildman–Crippen MR) is 138 cm³/mol. The number of hydrogen-bond acceptors (Lipinski definition) is 7. The number of carbonyl (C=O) groups is 1. The average Bonchev–Trinajstić information content (AvgIpc) is 3.58. The number of aliphatic hydroxyl groups excluding tert-OH is 1. The zero-order chi connectivity index (χ0) is 26.2. The van der Waals surface area contributed by atoms with E-state index in [1.54, 1.807) is 54.6 Å². The number of anilines is 1. The third kappa shape index (κ3) is 4.68. The molecule has 0 unspecified atom stereocenters. The van der Waals surface area contributed by atoms with Crippen LogP contribution in [0.3, 0.4) is 0 Å². The molecular weight excluding hydrogens is 494 g/mol.